The van der Waals surface area contributed by atoms with Crippen molar-refractivity contribution in [2.45, 2.75) is 59.2 Å². The molecule has 0 aliphatic carbocycles. The molecule has 1 saturated heterocycles. The Labute approximate surface area is 121 Å². The van der Waals surface area contributed by atoms with Crippen LogP contribution in [0.1, 0.15) is 44.3 Å². The van der Waals surface area contributed by atoms with Gasteiger partial charge in [-0.15, -0.1) is 11.3 Å². The van der Waals surface area contributed by atoms with Gasteiger partial charge in [-0.25, -0.2) is 4.98 Å². The minimum absolute atomic E-state index is 0.634. The molecule has 2 heterocycles. The number of thiazole rings is 1. The van der Waals surface area contributed by atoms with Crippen LogP contribution in [-0.2, 0) is 6.54 Å². The average molecular weight is 281 g/mol. The lowest BCUT2D eigenvalue weighted by Gasteiger charge is -2.42. The van der Waals surface area contributed by atoms with E-state index in [0.29, 0.717) is 18.0 Å². The Hall–Kier alpha value is -0.450. The third-order valence-electron chi connectivity index (χ3n) is 3.98. The first-order chi connectivity index (χ1) is 9.10. The lowest BCUT2D eigenvalue weighted by Crippen LogP contribution is -2.57. The molecule has 1 aromatic heterocycles. The van der Waals surface area contributed by atoms with Crippen molar-refractivity contribution in [3.05, 3.63) is 16.1 Å². The predicted octanol–water partition coefficient (Wildman–Crippen LogP) is 3.05. The maximum atomic E-state index is 4.63. The lowest BCUT2D eigenvalue weighted by atomic mass is 9.97. The Morgan fingerprint density at radius 1 is 1.53 bits per heavy atom. The molecule has 0 spiro atoms. The molecule has 0 saturated carbocycles. The summed E-state index contributed by atoms with van der Waals surface area (Å²) in [5.41, 5.74) is 1.24. The molecule has 4 heteroatoms. The number of nitrogens with one attached hydrogen (secondary N) is 1. The first-order valence-electron chi connectivity index (χ1n) is 7.48. The van der Waals surface area contributed by atoms with E-state index in [0.717, 1.165) is 19.6 Å². The zero-order valence-electron chi connectivity index (χ0n) is 12.6. The van der Waals surface area contributed by atoms with Gasteiger partial charge in [0.05, 0.1) is 10.7 Å². The van der Waals surface area contributed by atoms with Crippen molar-refractivity contribution in [2.24, 2.45) is 5.92 Å². The van der Waals surface area contributed by atoms with Crippen LogP contribution in [0.15, 0.2) is 5.38 Å². The van der Waals surface area contributed by atoms with E-state index in [1.54, 1.807) is 11.3 Å². The SMILES string of the molecule is CCCC1CN(Cc2csc(C)n2)C(C(C)C)CN1. The van der Waals surface area contributed by atoms with Gasteiger partial charge in [0.25, 0.3) is 0 Å². The van der Waals surface area contributed by atoms with Crippen LogP contribution < -0.4 is 5.32 Å². The summed E-state index contributed by atoms with van der Waals surface area (Å²) in [6.45, 7) is 12.3. The maximum Gasteiger partial charge on any atom is 0.0897 e. The van der Waals surface area contributed by atoms with Gasteiger partial charge in [-0.2, -0.15) is 0 Å². The normalized spacial score (nSPS) is 25.1. The average Bonchev–Trinajstić information content (AvgIpc) is 2.75. The second kappa shape index (κ2) is 6.82. The fraction of sp³-hybridized carbons (Fsp3) is 0.800. The van der Waals surface area contributed by atoms with Gasteiger partial charge in [0.1, 0.15) is 0 Å². The summed E-state index contributed by atoms with van der Waals surface area (Å²) in [5.74, 6) is 0.690. The summed E-state index contributed by atoms with van der Waals surface area (Å²) in [7, 11) is 0. The zero-order valence-corrected chi connectivity index (χ0v) is 13.5. The van der Waals surface area contributed by atoms with Crippen LogP contribution in [0.5, 0.6) is 0 Å². The number of aryl methyl sites for hydroxylation is 1. The van der Waals surface area contributed by atoms with E-state index in [1.807, 2.05) is 0 Å². The van der Waals surface area contributed by atoms with Crippen molar-refractivity contribution in [1.82, 2.24) is 15.2 Å². The van der Waals surface area contributed by atoms with Gasteiger partial charge in [-0.1, -0.05) is 27.2 Å². The molecule has 19 heavy (non-hydrogen) atoms. The molecule has 1 aliphatic rings. The first kappa shape index (κ1) is 14.9. The molecular weight excluding hydrogens is 254 g/mol. The highest BCUT2D eigenvalue weighted by atomic mass is 32.1. The Bertz CT molecular complexity index is 388. The van der Waals surface area contributed by atoms with Crippen LogP contribution in [0.3, 0.4) is 0 Å². The number of hydrogen-bond acceptors (Lipinski definition) is 4. The van der Waals surface area contributed by atoms with Crippen molar-refractivity contribution in [3.63, 3.8) is 0 Å². The molecule has 0 bridgehead atoms. The molecule has 3 nitrogen and oxygen atoms in total. The summed E-state index contributed by atoms with van der Waals surface area (Å²) in [6, 6.07) is 1.29. The largest absolute Gasteiger partial charge is 0.311 e. The van der Waals surface area contributed by atoms with Crippen LogP contribution in [0, 0.1) is 12.8 Å². The van der Waals surface area contributed by atoms with E-state index in [1.165, 1.54) is 23.5 Å². The molecule has 1 fully saturated rings. The fourth-order valence-electron chi connectivity index (χ4n) is 2.97. The van der Waals surface area contributed by atoms with Gasteiger partial charge in [0, 0.05) is 37.1 Å². The van der Waals surface area contributed by atoms with Crippen molar-refractivity contribution in [2.75, 3.05) is 13.1 Å². The highest BCUT2D eigenvalue weighted by Crippen LogP contribution is 2.20. The Morgan fingerprint density at radius 3 is 2.89 bits per heavy atom. The summed E-state index contributed by atoms with van der Waals surface area (Å²) in [5, 5.41) is 7.10. The highest BCUT2D eigenvalue weighted by molar-refractivity contribution is 7.09. The van der Waals surface area contributed by atoms with E-state index in [4.69, 9.17) is 0 Å². The van der Waals surface area contributed by atoms with Crippen molar-refractivity contribution in [3.8, 4) is 0 Å². The monoisotopic (exact) mass is 281 g/mol. The van der Waals surface area contributed by atoms with Gasteiger partial charge in [-0.05, 0) is 19.3 Å². The van der Waals surface area contributed by atoms with Crippen LogP contribution >= 0.6 is 11.3 Å². The predicted molar refractivity (Wildman–Crippen MR) is 82.6 cm³/mol. The number of nitrogens with zero attached hydrogens (tertiary/aromatic N) is 2. The third-order valence-corrected chi connectivity index (χ3v) is 4.80. The molecule has 1 aromatic rings. The smallest absolute Gasteiger partial charge is 0.0897 e. The summed E-state index contributed by atoms with van der Waals surface area (Å²) in [6.07, 6.45) is 2.53. The molecule has 0 radical (unpaired) electrons. The van der Waals surface area contributed by atoms with Gasteiger partial charge in [-0.3, -0.25) is 4.90 Å². The summed E-state index contributed by atoms with van der Waals surface area (Å²) >= 11 is 1.76. The van der Waals surface area contributed by atoms with Gasteiger partial charge >= 0.3 is 0 Å². The van der Waals surface area contributed by atoms with E-state index in [-0.39, 0.29) is 0 Å². The van der Waals surface area contributed by atoms with Crippen molar-refractivity contribution in [1.29, 1.82) is 0 Å². The van der Waals surface area contributed by atoms with Gasteiger partial charge in [0.2, 0.25) is 0 Å². The minimum Gasteiger partial charge on any atom is -0.311 e. The van der Waals surface area contributed by atoms with E-state index in [9.17, 15) is 0 Å². The molecule has 0 amide bonds. The van der Waals surface area contributed by atoms with Crippen LogP contribution in [0.2, 0.25) is 0 Å². The number of piperazine rings is 1. The minimum atomic E-state index is 0.634. The Balaban J connectivity index is 2.02. The van der Waals surface area contributed by atoms with Crippen LogP contribution in [-0.4, -0.2) is 35.1 Å². The summed E-state index contributed by atoms with van der Waals surface area (Å²) < 4.78 is 0. The Morgan fingerprint density at radius 2 is 2.32 bits per heavy atom. The standard InChI is InChI=1S/C15H27N3S/c1-5-6-13-8-18(15(7-16-13)11(2)3)9-14-10-19-12(4)17-14/h10-11,13,15-16H,5-9H2,1-4H3. The molecule has 2 unspecified atom stereocenters. The summed E-state index contributed by atoms with van der Waals surface area (Å²) in [4.78, 5) is 7.26. The van der Waals surface area contributed by atoms with E-state index in [2.05, 4.69) is 48.3 Å². The first-order valence-corrected chi connectivity index (χ1v) is 8.36. The van der Waals surface area contributed by atoms with Crippen LogP contribution in [0.25, 0.3) is 0 Å². The molecular formula is C15H27N3S. The number of hydrogen-bond donors (Lipinski definition) is 1. The Kier molecular flexibility index (Phi) is 5.37. The molecule has 2 rings (SSSR count). The van der Waals surface area contributed by atoms with E-state index >= 15 is 0 Å². The molecule has 0 aromatic carbocycles. The molecule has 2 atom stereocenters. The van der Waals surface area contributed by atoms with Crippen LogP contribution in [0.4, 0.5) is 0 Å². The second-order valence-corrected chi connectivity index (χ2v) is 7.05. The quantitative estimate of drug-likeness (QED) is 0.899. The van der Waals surface area contributed by atoms with Gasteiger partial charge in [0.15, 0.2) is 0 Å². The van der Waals surface area contributed by atoms with Gasteiger partial charge < -0.3 is 5.32 Å². The van der Waals surface area contributed by atoms with Crippen molar-refractivity contribution >= 4 is 11.3 Å². The third kappa shape index (κ3) is 4.01. The molecule has 1 N–H and O–H groups in total. The lowest BCUT2D eigenvalue weighted by molar-refractivity contribution is 0.0874. The highest BCUT2D eigenvalue weighted by Gasteiger charge is 2.29. The zero-order chi connectivity index (χ0) is 13.8. The van der Waals surface area contributed by atoms with Crippen molar-refractivity contribution < 1.29 is 0 Å². The number of aromatic nitrogens is 1. The second-order valence-electron chi connectivity index (χ2n) is 5.99. The molecule has 1 aliphatic heterocycles. The van der Waals surface area contributed by atoms with E-state index < -0.39 is 0 Å². The number of rotatable bonds is 5. The topological polar surface area (TPSA) is 28.2 Å². The maximum absolute atomic E-state index is 4.63. The fourth-order valence-corrected chi connectivity index (χ4v) is 3.57. The molecule has 108 valence electrons.